The van der Waals surface area contributed by atoms with E-state index in [-0.39, 0.29) is 23.0 Å². The summed E-state index contributed by atoms with van der Waals surface area (Å²) < 4.78 is 19.1. The molecular formula is C26H34O3Si. The second kappa shape index (κ2) is 8.43. The Morgan fingerprint density at radius 3 is 2.00 bits per heavy atom. The molecule has 30 heavy (non-hydrogen) atoms. The van der Waals surface area contributed by atoms with Crippen molar-refractivity contribution in [2.45, 2.75) is 70.0 Å². The van der Waals surface area contributed by atoms with Crippen LogP contribution in [0.4, 0.5) is 0 Å². The van der Waals surface area contributed by atoms with Crippen LogP contribution in [0.5, 0.6) is 0 Å². The third-order valence-corrected chi connectivity index (χ3v) is 11.3. The van der Waals surface area contributed by atoms with Crippen molar-refractivity contribution in [3.8, 4) is 0 Å². The third kappa shape index (κ3) is 4.06. The number of hydrogen-bond donors (Lipinski definition) is 0. The quantitative estimate of drug-likeness (QED) is 0.348. The highest BCUT2D eigenvalue weighted by Gasteiger charge is 2.61. The maximum absolute atomic E-state index is 7.35. The minimum absolute atomic E-state index is 0.00827. The Bertz CT molecular complexity index is 805. The fraction of sp³-hybridized carbons (Fsp3) is 0.462. The van der Waals surface area contributed by atoms with Gasteiger partial charge < -0.3 is 13.9 Å². The summed E-state index contributed by atoms with van der Waals surface area (Å²) in [5, 5.41) is 2.58. The first-order valence-electron chi connectivity index (χ1n) is 11.2. The Morgan fingerprint density at radius 1 is 1.03 bits per heavy atom. The summed E-state index contributed by atoms with van der Waals surface area (Å²) in [6.45, 7) is 9.86. The summed E-state index contributed by atoms with van der Waals surface area (Å²) in [5.41, 5.74) is 0. The highest BCUT2D eigenvalue weighted by molar-refractivity contribution is 6.99. The number of epoxide rings is 1. The summed E-state index contributed by atoms with van der Waals surface area (Å²) in [6.07, 6.45) is 7.39. The molecule has 2 saturated heterocycles. The Morgan fingerprint density at radius 2 is 1.57 bits per heavy atom. The Labute approximate surface area is 182 Å². The van der Waals surface area contributed by atoms with E-state index >= 15 is 0 Å². The number of benzene rings is 2. The van der Waals surface area contributed by atoms with E-state index < -0.39 is 8.32 Å². The van der Waals surface area contributed by atoms with Crippen LogP contribution < -0.4 is 10.4 Å². The molecule has 4 heteroatoms. The normalized spacial score (nSPS) is 24.7. The van der Waals surface area contributed by atoms with E-state index in [1.54, 1.807) is 0 Å². The second-order valence-corrected chi connectivity index (χ2v) is 13.7. The monoisotopic (exact) mass is 422 g/mol. The molecule has 2 aliphatic heterocycles. The topological polar surface area (TPSA) is 31.0 Å². The van der Waals surface area contributed by atoms with Crippen molar-refractivity contribution >= 4 is 18.7 Å². The molecule has 0 radical (unpaired) electrons. The molecule has 2 aromatic carbocycles. The Kier molecular flexibility index (Phi) is 6.04. The van der Waals surface area contributed by atoms with Crippen LogP contribution in [-0.4, -0.2) is 32.9 Å². The van der Waals surface area contributed by atoms with Gasteiger partial charge in [-0.15, -0.1) is 0 Å². The molecule has 2 fully saturated rings. The van der Waals surface area contributed by atoms with Crippen LogP contribution in [0.2, 0.25) is 5.04 Å². The van der Waals surface area contributed by atoms with Gasteiger partial charge in [0.2, 0.25) is 0 Å². The molecule has 0 amide bonds. The van der Waals surface area contributed by atoms with Gasteiger partial charge in [-0.05, 0) is 28.3 Å². The van der Waals surface area contributed by atoms with Crippen LogP contribution >= 0.6 is 0 Å². The lowest BCUT2D eigenvalue weighted by atomic mass is 9.98. The molecule has 2 aliphatic rings. The minimum Gasteiger partial charge on any atom is -0.401 e. The molecule has 0 saturated carbocycles. The molecule has 0 aliphatic carbocycles. The van der Waals surface area contributed by atoms with Crippen molar-refractivity contribution in [3.63, 3.8) is 0 Å². The van der Waals surface area contributed by atoms with Gasteiger partial charge in [-0.1, -0.05) is 101 Å². The van der Waals surface area contributed by atoms with Crippen molar-refractivity contribution in [2.75, 3.05) is 6.61 Å². The zero-order valence-corrected chi connectivity index (χ0v) is 19.6. The molecule has 2 aromatic rings. The van der Waals surface area contributed by atoms with E-state index in [2.05, 4.69) is 101 Å². The zero-order chi connectivity index (χ0) is 21.2. The van der Waals surface area contributed by atoms with Crippen molar-refractivity contribution in [1.82, 2.24) is 0 Å². The molecule has 0 aromatic heterocycles. The van der Waals surface area contributed by atoms with Gasteiger partial charge in [0, 0.05) is 6.42 Å². The number of allylic oxidation sites excluding steroid dienone is 1. The highest BCUT2D eigenvalue weighted by Crippen LogP contribution is 2.48. The number of ether oxygens (including phenoxy) is 2. The van der Waals surface area contributed by atoms with E-state index in [4.69, 9.17) is 13.9 Å². The maximum atomic E-state index is 7.35. The molecular weight excluding hydrogens is 388 g/mol. The van der Waals surface area contributed by atoms with Gasteiger partial charge in [-0.2, -0.15) is 0 Å². The Hall–Kier alpha value is -1.72. The lowest BCUT2D eigenvalue weighted by Gasteiger charge is -2.48. The second-order valence-electron chi connectivity index (χ2n) is 9.49. The van der Waals surface area contributed by atoms with Gasteiger partial charge in [-0.3, -0.25) is 0 Å². The van der Waals surface area contributed by atoms with Crippen LogP contribution in [0, 0.1) is 0 Å². The summed E-state index contributed by atoms with van der Waals surface area (Å²) in [5.74, 6) is -0.299. The third-order valence-electron chi connectivity index (χ3n) is 6.28. The molecule has 0 N–H and O–H groups in total. The van der Waals surface area contributed by atoms with E-state index in [1.165, 1.54) is 10.4 Å². The average molecular weight is 423 g/mol. The molecule has 3 nitrogen and oxygen atoms in total. The van der Waals surface area contributed by atoms with Gasteiger partial charge in [0.05, 0.1) is 12.2 Å². The van der Waals surface area contributed by atoms with E-state index in [9.17, 15) is 0 Å². The molecule has 160 valence electrons. The van der Waals surface area contributed by atoms with Crippen LogP contribution in [0.15, 0.2) is 72.8 Å². The van der Waals surface area contributed by atoms with E-state index in [1.807, 2.05) is 0 Å². The molecule has 1 unspecified atom stereocenters. The molecule has 3 atom stereocenters. The maximum Gasteiger partial charge on any atom is 0.261 e. The number of hydrogen-bond acceptors (Lipinski definition) is 3. The van der Waals surface area contributed by atoms with Crippen molar-refractivity contribution < 1.29 is 13.9 Å². The number of rotatable bonds is 8. The van der Waals surface area contributed by atoms with Gasteiger partial charge in [0.25, 0.3) is 8.32 Å². The van der Waals surface area contributed by atoms with Crippen molar-refractivity contribution in [3.05, 3.63) is 72.8 Å². The molecule has 1 spiro atoms. The van der Waals surface area contributed by atoms with E-state index in [0.29, 0.717) is 0 Å². The fourth-order valence-electron chi connectivity index (χ4n) is 4.64. The molecule has 0 bridgehead atoms. The molecule has 2 heterocycles. The molecule has 4 rings (SSSR count). The average Bonchev–Trinajstić information content (AvgIpc) is 3.51. The first-order valence-corrected chi connectivity index (χ1v) is 13.1. The lowest BCUT2D eigenvalue weighted by Crippen LogP contribution is -2.69. The van der Waals surface area contributed by atoms with Gasteiger partial charge in [0.1, 0.15) is 6.61 Å². The first-order chi connectivity index (χ1) is 14.4. The zero-order valence-electron chi connectivity index (χ0n) is 18.6. The first kappa shape index (κ1) is 21.5. The van der Waals surface area contributed by atoms with Crippen LogP contribution in [0.3, 0.4) is 0 Å². The summed E-state index contributed by atoms with van der Waals surface area (Å²) in [6, 6.07) is 21.7. The van der Waals surface area contributed by atoms with E-state index in [0.717, 1.165) is 25.9 Å². The van der Waals surface area contributed by atoms with Gasteiger partial charge in [0.15, 0.2) is 5.79 Å². The fourth-order valence-corrected chi connectivity index (χ4v) is 9.35. The minimum atomic E-state index is -2.60. The SMILES string of the molecule is CC/C=C/C[C@H](O[Si](c1ccccc1)(c1ccccc1)C(C)(C)C)[C@@H]1CC2(CO2)O1. The van der Waals surface area contributed by atoms with Crippen LogP contribution in [0.25, 0.3) is 0 Å². The Balaban J connectivity index is 1.76. The predicted molar refractivity (Wildman–Crippen MR) is 125 cm³/mol. The highest BCUT2D eigenvalue weighted by atomic mass is 28.4. The van der Waals surface area contributed by atoms with Crippen molar-refractivity contribution in [2.24, 2.45) is 0 Å². The van der Waals surface area contributed by atoms with Gasteiger partial charge in [-0.25, -0.2) is 0 Å². The smallest absolute Gasteiger partial charge is 0.261 e. The van der Waals surface area contributed by atoms with Crippen LogP contribution in [-0.2, 0) is 13.9 Å². The lowest BCUT2D eigenvalue weighted by molar-refractivity contribution is -0.226. The van der Waals surface area contributed by atoms with Gasteiger partial charge >= 0.3 is 0 Å². The standard InChI is InChI=1S/C26H34O3Si/c1-5-6-9-18-23(24-19-26(28-24)20-27-26)29-30(25(2,3)4,21-14-10-7-11-15-21)22-16-12-8-13-17-22/h6-17,23-24H,5,18-20H2,1-4H3/b9-6+/t23-,24-,26?/m0/s1. The van der Waals surface area contributed by atoms with Crippen LogP contribution in [0.1, 0.15) is 47.0 Å². The summed E-state index contributed by atoms with van der Waals surface area (Å²) >= 11 is 0. The predicted octanol–water partition coefficient (Wildman–Crippen LogP) is 4.80. The largest absolute Gasteiger partial charge is 0.401 e. The summed E-state index contributed by atoms with van der Waals surface area (Å²) in [4.78, 5) is 0. The summed E-state index contributed by atoms with van der Waals surface area (Å²) in [7, 11) is -2.60. The van der Waals surface area contributed by atoms with Crippen molar-refractivity contribution in [1.29, 1.82) is 0 Å².